The maximum absolute atomic E-state index is 12.5. The van der Waals surface area contributed by atoms with E-state index in [0.29, 0.717) is 10.8 Å². The second-order valence-corrected chi connectivity index (χ2v) is 7.16. The molecule has 2 aromatic heterocycles. The zero-order valence-corrected chi connectivity index (χ0v) is 14.8. The Morgan fingerprint density at radius 1 is 1.16 bits per heavy atom. The highest BCUT2D eigenvalue weighted by Crippen LogP contribution is 2.25. The van der Waals surface area contributed by atoms with Gasteiger partial charge in [0.1, 0.15) is 6.54 Å². The molecule has 0 unspecified atom stereocenters. The van der Waals surface area contributed by atoms with E-state index in [1.165, 1.54) is 0 Å². The fourth-order valence-corrected chi connectivity index (χ4v) is 3.70. The van der Waals surface area contributed by atoms with E-state index in [9.17, 15) is 14.4 Å². The van der Waals surface area contributed by atoms with Gasteiger partial charge in [0, 0.05) is 4.88 Å². The second-order valence-electron chi connectivity index (χ2n) is 6.18. The third-order valence-corrected chi connectivity index (χ3v) is 4.97. The van der Waals surface area contributed by atoms with Crippen LogP contribution < -0.4 is 16.4 Å². The molecule has 0 aliphatic rings. The Morgan fingerprint density at radius 3 is 2.52 bits per heavy atom. The zero-order chi connectivity index (χ0) is 18.0. The second kappa shape index (κ2) is 7.06. The number of rotatable bonds is 5. The molecule has 1 atom stereocenters. The Balaban J connectivity index is 1.86. The maximum atomic E-state index is 12.5. The molecule has 0 saturated carbocycles. The van der Waals surface area contributed by atoms with E-state index in [4.69, 9.17) is 0 Å². The largest absolute Gasteiger partial charge is 0.347 e. The lowest BCUT2D eigenvalue weighted by atomic mass is 10.0. The van der Waals surface area contributed by atoms with Crippen LogP contribution in [-0.4, -0.2) is 15.7 Å². The number of thiophene rings is 1. The first-order chi connectivity index (χ1) is 12.0. The highest BCUT2D eigenvalue weighted by Gasteiger charge is 2.20. The van der Waals surface area contributed by atoms with Crippen LogP contribution in [0.3, 0.4) is 0 Å². The van der Waals surface area contributed by atoms with Crippen molar-refractivity contribution in [1.29, 1.82) is 0 Å². The Kier molecular flexibility index (Phi) is 4.85. The van der Waals surface area contributed by atoms with Gasteiger partial charge >= 0.3 is 0 Å². The summed E-state index contributed by atoms with van der Waals surface area (Å²) in [7, 11) is 0. The van der Waals surface area contributed by atoms with Gasteiger partial charge in [0.25, 0.3) is 11.1 Å². The van der Waals surface area contributed by atoms with Gasteiger partial charge in [-0.15, -0.1) is 11.3 Å². The third-order valence-electron chi connectivity index (χ3n) is 4.02. The normalized spacial score (nSPS) is 12.4. The zero-order valence-electron chi connectivity index (χ0n) is 14.0. The molecule has 0 fully saturated rings. The average Bonchev–Trinajstić information content (AvgIpc) is 3.11. The van der Waals surface area contributed by atoms with E-state index < -0.39 is 0 Å². The fourth-order valence-electron chi connectivity index (χ4n) is 2.76. The van der Waals surface area contributed by atoms with Gasteiger partial charge in [-0.05, 0) is 29.5 Å². The van der Waals surface area contributed by atoms with E-state index in [2.05, 4.69) is 10.4 Å². The van der Waals surface area contributed by atoms with Crippen LogP contribution in [0.1, 0.15) is 24.8 Å². The van der Waals surface area contributed by atoms with Crippen LogP contribution in [0.4, 0.5) is 0 Å². The lowest BCUT2D eigenvalue weighted by Gasteiger charge is -2.21. The lowest BCUT2D eigenvalue weighted by Crippen LogP contribution is -2.39. The van der Waals surface area contributed by atoms with Crippen LogP contribution in [0.5, 0.6) is 0 Å². The van der Waals surface area contributed by atoms with Gasteiger partial charge in [-0.25, -0.2) is 4.68 Å². The van der Waals surface area contributed by atoms with Crippen LogP contribution in [0.2, 0.25) is 0 Å². The molecule has 0 aliphatic carbocycles. The molecule has 1 aromatic carbocycles. The summed E-state index contributed by atoms with van der Waals surface area (Å²) in [6.07, 6.45) is 0. The number of H-pyrrole nitrogens is 1. The van der Waals surface area contributed by atoms with Crippen molar-refractivity contribution in [1.82, 2.24) is 15.1 Å². The highest BCUT2D eigenvalue weighted by atomic mass is 32.1. The van der Waals surface area contributed by atoms with E-state index >= 15 is 0 Å². The molecule has 0 aliphatic heterocycles. The summed E-state index contributed by atoms with van der Waals surface area (Å²) in [4.78, 5) is 38.1. The first-order valence-electron chi connectivity index (χ1n) is 8.02. The van der Waals surface area contributed by atoms with Crippen LogP contribution in [0.25, 0.3) is 10.8 Å². The summed E-state index contributed by atoms with van der Waals surface area (Å²) >= 11 is 1.57. The van der Waals surface area contributed by atoms with Crippen molar-refractivity contribution in [2.24, 2.45) is 5.92 Å². The molecular weight excluding hydrogens is 338 g/mol. The number of hydrogen-bond acceptors (Lipinski definition) is 4. The van der Waals surface area contributed by atoms with Gasteiger partial charge in [0.2, 0.25) is 5.91 Å². The summed E-state index contributed by atoms with van der Waals surface area (Å²) in [5.41, 5.74) is -0.774. The van der Waals surface area contributed by atoms with Crippen LogP contribution in [0, 0.1) is 5.92 Å². The van der Waals surface area contributed by atoms with Gasteiger partial charge in [-0.3, -0.25) is 19.5 Å². The summed E-state index contributed by atoms with van der Waals surface area (Å²) in [5.74, 6) is -0.116. The Morgan fingerprint density at radius 2 is 1.88 bits per heavy atom. The van der Waals surface area contributed by atoms with Crippen molar-refractivity contribution in [3.63, 3.8) is 0 Å². The van der Waals surface area contributed by atoms with Gasteiger partial charge in [-0.2, -0.15) is 0 Å². The van der Waals surface area contributed by atoms with Crippen molar-refractivity contribution in [2.75, 3.05) is 0 Å². The predicted octanol–water partition coefficient (Wildman–Crippen LogP) is 2.26. The number of benzene rings is 1. The van der Waals surface area contributed by atoms with Crippen molar-refractivity contribution < 1.29 is 4.79 Å². The molecule has 130 valence electrons. The number of aromatic nitrogens is 2. The summed E-state index contributed by atoms with van der Waals surface area (Å²) in [6.45, 7) is 3.82. The molecule has 0 spiro atoms. The quantitative estimate of drug-likeness (QED) is 0.735. The lowest BCUT2D eigenvalue weighted by molar-refractivity contribution is -0.123. The number of nitrogens with zero attached hydrogens (tertiary/aromatic N) is 1. The number of fused-ring (bicyclic) bond motifs is 1. The van der Waals surface area contributed by atoms with Gasteiger partial charge in [0.15, 0.2) is 0 Å². The van der Waals surface area contributed by atoms with Crippen molar-refractivity contribution in [3.05, 3.63) is 67.4 Å². The number of carbonyl (C=O) groups excluding carboxylic acids is 1. The number of carbonyl (C=O) groups is 1. The topological polar surface area (TPSA) is 84.0 Å². The number of aromatic amines is 1. The molecule has 3 rings (SSSR count). The third kappa shape index (κ3) is 3.56. The number of hydrogen-bond donors (Lipinski definition) is 2. The minimum Gasteiger partial charge on any atom is -0.347 e. The van der Waals surface area contributed by atoms with Crippen LogP contribution >= 0.6 is 11.3 Å². The first kappa shape index (κ1) is 17.2. The average molecular weight is 357 g/mol. The van der Waals surface area contributed by atoms with E-state index in [1.807, 2.05) is 31.4 Å². The molecule has 0 radical (unpaired) electrons. The minimum atomic E-state index is -0.387. The fraction of sp³-hybridized carbons (Fsp3) is 0.278. The van der Waals surface area contributed by atoms with Gasteiger partial charge in [-0.1, -0.05) is 32.0 Å². The Labute approximate surface area is 148 Å². The monoisotopic (exact) mass is 357 g/mol. The predicted molar refractivity (Wildman–Crippen MR) is 98.9 cm³/mol. The molecule has 25 heavy (non-hydrogen) atoms. The summed E-state index contributed by atoms with van der Waals surface area (Å²) < 4.78 is 1.06. The summed E-state index contributed by atoms with van der Waals surface area (Å²) in [6, 6.07) is 10.3. The molecular formula is C18H19N3O3S. The molecule has 3 aromatic rings. The molecule has 7 heteroatoms. The Bertz CT molecular complexity index is 1000. The maximum Gasteiger partial charge on any atom is 0.273 e. The van der Waals surface area contributed by atoms with Crippen LogP contribution in [0.15, 0.2) is 51.4 Å². The van der Waals surface area contributed by atoms with E-state index in [0.717, 1.165) is 9.56 Å². The molecule has 2 heterocycles. The van der Waals surface area contributed by atoms with Crippen molar-refractivity contribution >= 4 is 28.0 Å². The van der Waals surface area contributed by atoms with Crippen molar-refractivity contribution in [2.45, 2.75) is 26.4 Å². The molecule has 6 nitrogen and oxygen atoms in total. The first-order valence-corrected chi connectivity index (χ1v) is 8.90. The SMILES string of the molecule is CC(C)[C@H](NC(=O)Cn1[nH]c(=O)c2ccccc2c1=O)c1cccs1. The van der Waals surface area contributed by atoms with Gasteiger partial charge < -0.3 is 5.32 Å². The number of amides is 1. The van der Waals surface area contributed by atoms with Crippen LogP contribution in [-0.2, 0) is 11.3 Å². The molecule has 2 N–H and O–H groups in total. The molecule has 1 amide bonds. The Hall–Kier alpha value is -2.67. The van der Waals surface area contributed by atoms with E-state index in [-0.39, 0.29) is 35.5 Å². The summed E-state index contributed by atoms with van der Waals surface area (Å²) in [5, 5.41) is 8.01. The standard InChI is InChI=1S/C18H19N3O3S/c1-11(2)16(14-8-5-9-25-14)19-15(22)10-21-18(24)13-7-4-3-6-12(13)17(23)20-21/h3-9,11,16H,10H2,1-2H3,(H,19,22)(H,20,23)/t16-/m0/s1. The van der Waals surface area contributed by atoms with Crippen molar-refractivity contribution in [3.8, 4) is 0 Å². The highest BCUT2D eigenvalue weighted by molar-refractivity contribution is 7.10. The minimum absolute atomic E-state index is 0.129. The van der Waals surface area contributed by atoms with E-state index in [1.54, 1.807) is 35.6 Å². The molecule has 0 bridgehead atoms. The smallest absolute Gasteiger partial charge is 0.273 e. The van der Waals surface area contributed by atoms with Gasteiger partial charge in [0.05, 0.1) is 16.8 Å². The molecule has 0 saturated heterocycles. The number of nitrogens with one attached hydrogen (secondary N) is 2.